The zero-order valence-corrected chi connectivity index (χ0v) is 13.1. The Bertz CT molecular complexity index is 610. The van der Waals surface area contributed by atoms with E-state index in [0.29, 0.717) is 45.4 Å². The van der Waals surface area contributed by atoms with Gasteiger partial charge in [0.15, 0.2) is 11.6 Å². The van der Waals surface area contributed by atoms with Gasteiger partial charge in [0, 0.05) is 25.1 Å². The van der Waals surface area contributed by atoms with Gasteiger partial charge in [-0.3, -0.25) is 4.79 Å². The maximum absolute atomic E-state index is 13.3. The van der Waals surface area contributed by atoms with Crippen LogP contribution in [-0.2, 0) is 4.74 Å². The van der Waals surface area contributed by atoms with Gasteiger partial charge in [-0.1, -0.05) is 0 Å². The number of piperidine rings is 1. The normalized spacial score (nSPS) is 27.2. The van der Waals surface area contributed by atoms with Crippen LogP contribution in [0.25, 0.3) is 0 Å². The SMILES string of the molecule is CC1(O)CCOC2(CCN(C(=O)c3ccc(F)c(F)c3)CC2)C1. The van der Waals surface area contributed by atoms with Crippen LogP contribution < -0.4 is 0 Å². The number of aliphatic hydroxyl groups is 1. The molecule has 2 fully saturated rings. The Kier molecular flexibility index (Phi) is 4.14. The summed E-state index contributed by atoms with van der Waals surface area (Å²) in [6.07, 6.45) is 2.45. The molecule has 2 aliphatic heterocycles. The Hall–Kier alpha value is -1.53. The van der Waals surface area contributed by atoms with Crippen molar-refractivity contribution in [3.05, 3.63) is 35.4 Å². The van der Waals surface area contributed by atoms with Crippen molar-refractivity contribution in [2.75, 3.05) is 19.7 Å². The number of hydrogen-bond donors (Lipinski definition) is 1. The van der Waals surface area contributed by atoms with Crippen molar-refractivity contribution in [2.24, 2.45) is 0 Å². The van der Waals surface area contributed by atoms with Gasteiger partial charge < -0.3 is 14.7 Å². The summed E-state index contributed by atoms with van der Waals surface area (Å²) in [5, 5.41) is 10.3. The number of nitrogens with zero attached hydrogens (tertiary/aromatic N) is 1. The van der Waals surface area contributed by atoms with Crippen molar-refractivity contribution < 1.29 is 23.4 Å². The minimum Gasteiger partial charge on any atom is -0.390 e. The number of rotatable bonds is 1. The first kappa shape index (κ1) is 16.3. The van der Waals surface area contributed by atoms with Gasteiger partial charge in [-0.25, -0.2) is 8.78 Å². The van der Waals surface area contributed by atoms with Crippen LogP contribution >= 0.6 is 0 Å². The second kappa shape index (κ2) is 5.83. The van der Waals surface area contributed by atoms with E-state index in [1.165, 1.54) is 6.07 Å². The van der Waals surface area contributed by atoms with Gasteiger partial charge in [-0.05, 0) is 44.4 Å². The van der Waals surface area contributed by atoms with Crippen molar-refractivity contribution in [3.63, 3.8) is 0 Å². The smallest absolute Gasteiger partial charge is 0.253 e. The first-order valence-corrected chi connectivity index (χ1v) is 7.91. The average Bonchev–Trinajstić information content (AvgIpc) is 2.49. The summed E-state index contributed by atoms with van der Waals surface area (Å²) in [7, 11) is 0. The number of carbonyl (C=O) groups is 1. The van der Waals surface area contributed by atoms with Gasteiger partial charge in [0.2, 0.25) is 0 Å². The molecule has 23 heavy (non-hydrogen) atoms. The summed E-state index contributed by atoms with van der Waals surface area (Å²) in [4.78, 5) is 14.0. The van der Waals surface area contributed by atoms with E-state index in [2.05, 4.69) is 0 Å². The number of hydrogen-bond acceptors (Lipinski definition) is 3. The van der Waals surface area contributed by atoms with E-state index in [-0.39, 0.29) is 17.1 Å². The zero-order chi connectivity index (χ0) is 16.7. The maximum atomic E-state index is 13.3. The summed E-state index contributed by atoms with van der Waals surface area (Å²) in [6.45, 7) is 3.29. The molecule has 2 saturated heterocycles. The zero-order valence-electron chi connectivity index (χ0n) is 13.1. The van der Waals surface area contributed by atoms with Crippen LogP contribution in [0, 0.1) is 11.6 Å². The van der Waals surface area contributed by atoms with E-state index in [9.17, 15) is 18.7 Å². The van der Waals surface area contributed by atoms with E-state index in [1.54, 1.807) is 4.90 Å². The lowest BCUT2D eigenvalue weighted by Crippen LogP contribution is -2.54. The van der Waals surface area contributed by atoms with Crippen LogP contribution in [-0.4, -0.2) is 46.8 Å². The third-order valence-electron chi connectivity index (χ3n) is 4.88. The maximum Gasteiger partial charge on any atom is 0.253 e. The molecule has 0 bridgehead atoms. The molecule has 126 valence electrons. The highest BCUT2D eigenvalue weighted by molar-refractivity contribution is 5.94. The molecule has 4 nitrogen and oxygen atoms in total. The molecule has 0 aliphatic carbocycles. The Balaban J connectivity index is 1.66. The van der Waals surface area contributed by atoms with Crippen LogP contribution in [0.1, 0.15) is 43.0 Å². The summed E-state index contributed by atoms with van der Waals surface area (Å²) in [5.41, 5.74) is -0.965. The average molecular weight is 325 g/mol. The van der Waals surface area contributed by atoms with Crippen molar-refractivity contribution in [1.82, 2.24) is 4.90 Å². The molecule has 0 radical (unpaired) electrons. The second-order valence-electron chi connectivity index (χ2n) is 6.88. The summed E-state index contributed by atoms with van der Waals surface area (Å²) < 4.78 is 32.2. The van der Waals surface area contributed by atoms with Gasteiger partial charge >= 0.3 is 0 Å². The highest BCUT2D eigenvalue weighted by atomic mass is 19.2. The van der Waals surface area contributed by atoms with E-state index >= 15 is 0 Å². The first-order chi connectivity index (χ1) is 10.8. The number of carbonyl (C=O) groups excluding carboxylic acids is 1. The predicted molar refractivity (Wildman–Crippen MR) is 80.0 cm³/mol. The van der Waals surface area contributed by atoms with Crippen molar-refractivity contribution in [3.8, 4) is 0 Å². The first-order valence-electron chi connectivity index (χ1n) is 7.91. The molecule has 3 rings (SSSR count). The quantitative estimate of drug-likeness (QED) is 0.863. The minimum atomic E-state index is -1.02. The van der Waals surface area contributed by atoms with Crippen molar-refractivity contribution in [2.45, 2.75) is 43.8 Å². The van der Waals surface area contributed by atoms with Gasteiger partial charge in [0.1, 0.15) is 0 Å². The Morgan fingerprint density at radius 2 is 1.91 bits per heavy atom. The van der Waals surface area contributed by atoms with Crippen LogP contribution in [0.2, 0.25) is 0 Å². The van der Waals surface area contributed by atoms with Gasteiger partial charge in [-0.2, -0.15) is 0 Å². The van der Waals surface area contributed by atoms with Gasteiger partial charge in [0.25, 0.3) is 5.91 Å². The number of benzene rings is 1. The Morgan fingerprint density at radius 1 is 1.22 bits per heavy atom. The fraction of sp³-hybridized carbons (Fsp3) is 0.588. The Labute approximate surface area is 134 Å². The summed E-state index contributed by atoms with van der Waals surface area (Å²) in [5.74, 6) is -2.28. The molecule has 1 unspecified atom stereocenters. The third kappa shape index (κ3) is 3.38. The predicted octanol–water partition coefficient (Wildman–Crippen LogP) is 2.50. The molecule has 6 heteroatoms. The largest absolute Gasteiger partial charge is 0.390 e. The van der Waals surface area contributed by atoms with Crippen molar-refractivity contribution >= 4 is 5.91 Å². The Morgan fingerprint density at radius 3 is 2.52 bits per heavy atom. The highest BCUT2D eigenvalue weighted by Crippen LogP contribution is 2.39. The molecule has 1 amide bonds. The molecular formula is C17H21F2NO3. The molecule has 2 aliphatic rings. The van der Waals surface area contributed by atoms with E-state index < -0.39 is 17.2 Å². The van der Waals surface area contributed by atoms with Crippen LogP contribution in [0.5, 0.6) is 0 Å². The van der Waals surface area contributed by atoms with Crippen LogP contribution in [0.15, 0.2) is 18.2 Å². The molecule has 0 aromatic heterocycles. The third-order valence-corrected chi connectivity index (χ3v) is 4.88. The molecule has 1 atom stereocenters. The van der Waals surface area contributed by atoms with Crippen LogP contribution in [0.3, 0.4) is 0 Å². The number of likely N-dealkylation sites (tertiary alicyclic amines) is 1. The fourth-order valence-electron chi connectivity index (χ4n) is 3.57. The van der Waals surface area contributed by atoms with E-state index in [0.717, 1.165) is 12.1 Å². The van der Waals surface area contributed by atoms with Crippen molar-refractivity contribution in [1.29, 1.82) is 0 Å². The van der Waals surface area contributed by atoms with Crippen LogP contribution in [0.4, 0.5) is 8.78 Å². The standard InChI is InChI=1S/C17H21F2NO3/c1-16(22)6-9-23-17(11-16)4-7-20(8-5-17)15(21)12-2-3-13(18)14(19)10-12/h2-3,10,22H,4-9,11H2,1H3. The molecule has 1 N–H and O–H groups in total. The second-order valence-corrected chi connectivity index (χ2v) is 6.88. The van der Waals surface area contributed by atoms with Gasteiger partial charge in [-0.15, -0.1) is 0 Å². The topological polar surface area (TPSA) is 49.8 Å². The summed E-state index contributed by atoms with van der Waals surface area (Å²) in [6, 6.07) is 3.20. The minimum absolute atomic E-state index is 0.149. The van der Waals surface area contributed by atoms with Gasteiger partial charge in [0.05, 0.1) is 17.8 Å². The lowest BCUT2D eigenvalue weighted by atomic mass is 9.78. The van der Waals surface area contributed by atoms with E-state index in [1.807, 2.05) is 6.92 Å². The molecular weight excluding hydrogens is 304 g/mol. The highest BCUT2D eigenvalue weighted by Gasteiger charge is 2.44. The molecule has 1 aromatic carbocycles. The lowest BCUT2D eigenvalue weighted by molar-refractivity contribution is -0.170. The molecule has 1 aromatic rings. The number of amides is 1. The molecule has 2 heterocycles. The number of ether oxygens (including phenoxy) is 1. The monoisotopic (exact) mass is 325 g/mol. The molecule has 0 saturated carbocycles. The lowest BCUT2D eigenvalue weighted by Gasteiger charge is -2.48. The molecule has 1 spiro atoms. The number of halogens is 2. The fourth-order valence-corrected chi connectivity index (χ4v) is 3.57. The van der Waals surface area contributed by atoms with E-state index in [4.69, 9.17) is 4.74 Å². The summed E-state index contributed by atoms with van der Waals surface area (Å²) >= 11 is 0.